The molecule has 0 saturated heterocycles. The first-order chi connectivity index (χ1) is 11.8. The van der Waals surface area contributed by atoms with Crippen molar-refractivity contribution in [2.45, 2.75) is 0 Å². The summed E-state index contributed by atoms with van der Waals surface area (Å²) < 4.78 is 4.96. The first-order valence-electron chi connectivity index (χ1n) is 6.95. The molecule has 0 aliphatic carbocycles. The van der Waals surface area contributed by atoms with Gasteiger partial charge in [-0.25, -0.2) is 9.59 Å². The van der Waals surface area contributed by atoms with Gasteiger partial charge in [0.2, 0.25) is 0 Å². The van der Waals surface area contributed by atoms with E-state index >= 15 is 0 Å². The lowest BCUT2D eigenvalue weighted by Gasteiger charge is -2.06. The molecule has 0 aromatic heterocycles. The number of ketones is 1. The van der Waals surface area contributed by atoms with Crippen LogP contribution in [0, 0.1) is 0 Å². The number of carbonyl (C=O) groups is 3. The molecule has 2 rings (SSSR count). The lowest BCUT2D eigenvalue weighted by Crippen LogP contribution is -2.01. The zero-order chi connectivity index (χ0) is 18.8. The average Bonchev–Trinajstić information content (AvgIpc) is 2.60. The van der Waals surface area contributed by atoms with Crippen molar-refractivity contribution in [2.75, 3.05) is 7.11 Å². The molecule has 0 amide bonds. The van der Waals surface area contributed by atoms with Crippen molar-refractivity contribution >= 4 is 17.7 Å². The molecule has 3 N–H and O–H groups in total. The fourth-order valence-corrected chi connectivity index (χ4v) is 1.72. The molecule has 0 unspecified atom stereocenters. The minimum atomic E-state index is -1.26. The Hall–Kier alpha value is -3.61. The second-order valence-corrected chi connectivity index (χ2v) is 4.59. The van der Waals surface area contributed by atoms with Crippen molar-refractivity contribution in [3.8, 4) is 11.5 Å². The molecule has 25 heavy (non-hydrogen) atoms. The maximum atomic E-state index is 12.1. The van der Waals surface area contributed by atoms with Gasteiger partial charge in [-0.05, 0) is 12.1 Å². The number of rotatable bonds is 5. The molecule has 0 fully saturated rings. The normalized spacial score (nSPS) is 9.80. The summed E-state index contributed by atoms with van der Waals surface area (Å²) in [6.07, 6.45) is 1.12. The van der Waals surface area contributed by atoms with Crippen LogP contribution in [0.4, 0.5) is 0 Å². The van der Waals surface area contributed by atoms with Gasteiger partial charge < -0.3 is 20.1 Å². The Morgan fingerprint density at radius 3 is 1.92 bits per heavy atom. The smallest absolute Gasteiger partial charge is 0.328 e. The monoisotopic (exact) mass is 344 g/mol. The molecule has 0 saturated carbocycles. The molecule has 0 spiro atoms. The third kappa shape index (κ3) is 6.57. The highest BCUT2D eigenvalue weighted by atomic mass is 16.5. The zero-order valence-electron chi connectivity index (χ0n) is 13.2. The Bertz CT molecular complexity index is 763. The standard InChI is InChI=1S/C14H12O3.C4H4O4/c1-17-11-7-8-12(13(15)9-11)14(16)10-5-3-2-4-6-10;5-3(6)1-2-4(7)8/h2-9,15H,1H3;1-2H,(H,5,6)(H,7,8)/b;2-1+. The molecular weight excluding hydrogens is 328 g/mol. The number of phenols is 1. The van der Waals surface area contributed by atoms with E-state index in [4.69, 9.17) is 14.9 Å². The topological polar surface area (TPSA) is 121 Å². The summed E-state index contributed by atoms with van der Waals surface area (Å²) >= 11 is 0. The minimum Gasteiger partial charge on any atom is -0.507 e. The van der Waals surface area contributed by atoms with Crippen LogP contribution in [-0.4, -0.2) is 40.2 Å². The Morgan fingerprint density at radius 2 is 1.48 bits per heavy atom. The number of aliphatic carboxylic acids is 2. The van der Waals surface area contributed by atoms with Crippen LogP contribution in [0.25, 0.3) is 0 Å². The van der Waals surface area contributed by atoms with Crippen LogP contribution >= 0.6 is 0 Å². The highest BCUT2D eigenvalue weighted by Crippen LogP contribution is 2.25. The molecule has 2 aromatic rings. The van der Waals surface area contributed by atoms with Crippen LogP contribution in [0.3, 0.4) is 0 Å². The first-order valence-corrected chi connectivity index (χ1v) is 6.95. The Balaban J connectivity index is 0.000000333. The summed E-state index contributed by atoms with van der Waals surface area (Å²) in [7, 11) is 1.51. The fraction of sp³-hybridized carbons (Fsp3) is 0.0556. The molecule has 7 nitrogen and oxygen atoms in total. The van der Waals surface area contributed by atoms with Gasteiger partial charge in [0.05, 0.1) is 12.7 Å². The maximum Gasteiger partial charge on any atom is 0.328 e. The van der Waals surface area contributed by atoms with E-state index in [2.05, 4.69) is 0 Å². The number of benzene rings is 2. The van der Waals surface area contributed by atoms with E-state index in [0.29, 0.717) is 23.5 Å². The van der Waals surface area contributed by atoms with E-state index in [1.807, 2.05) is 6.07 Å². The van der Waals surface area contributed by atoms with Crippen molar-refractivity contribution in [1.29, 1.82) is 0 Å². The van der Waals surface area contributed by atoms with Crippen LogP contribution in [0.1, 0.15) is 15.9 Å². The molecule has 0 aliphatic heterocycles. The third-order valence-corrected chi connectivity index (χ3v) is 2.85. The number of hydrogen-bond acceptors (Lipinski definition) is 5. The van der Waals surface area contributed by atoms with Crippen LogP contribution < -0.4 is 4.74 Å². The van der Waals surface area contributed by atoms with E-state index in [-0.39, 0.29) is 17.1 Å². The number of carbonyl (C=O) groups excluding carboxylic acids is 1. The quantitative estimate of drug-likeness (QED) is 0.562. The molecular formula is C18H16O7. The summed E-state index contributed by atoms with van der Waals surface area (Å²) in [5, 5.41) is 25.4. The number of methoxy groups -OCH3 is 1. The van der Waals surface area contributed by atoms with Crippen molar-refractivity contribution in [3.05, 3.63) is 71.8 Å². The van der Waals surface area contributed by atoms with Gasteiger partial charge in [-0.15, -0.1) is 0 Å². The van der Waals surface area contributed by atoms with Gasteiger partial charge in [0.1, 0.15) is 11.5 Å². The summed E-state index contributed by atoms with van der Waals surface area (Å²) in [5.74, 6) is -2.27. The number of aromatic hydroxyl groups is 1. The van der Waals surface area contributed by atoms with Crippen molar-refractivity contribution in [1.82, 2.24) is 0 Å². The van der Waals surface area contributed by atoms with Crippen LogP contribution in [0.15, 0.2) is 60.7 Å². The number of carboxylic acid groups (broad SMARTS) is 2. The number of phenolic OH excluding ortho intramolecular Hbond substituents is 1. The predicted octanol–water partition coefficient (Wildman–Crippen LogP) is 2.34. The van der Waals surface area contributed by atoms with E-state index in [9.17, 15) is 19.5 Å². The number of hydrogen-bond donors (Lipinski definition) is 3. The number of carboxylic acids is 2. The molecule has 0 atom stereocenters. The Labute approximate surface area is 143 Å². The molecule has 7 heteroatoms. The summed E-state index contributed by atoms with van der Waals surface area (Å²) in [5.41, 5.74) is 0.824. The van der Waals surface area contributed by atoms with Gasteiger partial charge in [-0.2, -0.15) is 0 Å². The molecule has 0 heterocycles. The van der Waals surface area contributed by atoms with Gasteiger partial charge in [-0.1, -0.05) is 30.3 Å². The van der Waals surface area contributed by atoms with Crippen molar-refractivity contribution in [2.24, 2.45) is 0 Å². The van der Waals surface area contributed by atoms with E-state index in [1.165, 1.54) is 13.2 Å². The molecule has 130 valence electrons. The van der Waals surface area contributed by atoms with Crippen molar-refractivity contribution < 1.29 is 34.4 Å². The highest BCUT2D eigenvalue weighted by Gasteiger charge is 2.13. The van der Waals surface area contributed by atoms with Crippen molar-refractivity contribution in [3.63, 3.8) is 0 Å². The van der Waals surface area contributed by atoms with E-state index in [1.54, 1.807) is 36.4 Å². The second kappa shape index (κ2) is 9.51. The van der Waals surface area contributed by atoms with Gasteiger partial charge in [-0.3, -0.25) is 4.79 Å². The van der Waals surface area contributed by atoms with E-state index < -0.39 is 11.9 Å². The molecule has 0 aliphatic rings. The zero-order valence-corrected chi connectivity index (χ0v) is 13.2. The largest absolute Gasteiger partial charge is 0.507 e. The summed E-state index contributed by atoms with van der Waals surface area (Å²) in [6, 6.07) is 13.5. The van der Waals surface area contributed by atoms with Gasteiger partial charge in [0, 0.05) is 23.8 Å². The number of ether oxygens (including phenoxy) is 1. The summed E-state index contributed by atoms with van der Waals surface area (Å²) in [6.45, 7) is 0. The molecule has 0 bridgehead atoms. The molecule has 2 aromatic carbocycles. The third-order valence-electron chi connectivity index (χ3n) is 2.85. The average molecular weight is 344 g/mol. The van der Waals surface area contributed by atoms with Crippen LogP contribution in [0.2, 0.25) is 0 Å². The highest BCUT2D eigenvalue weighted by molar-refractivity contribution is 6.10. The van der Waals surface area contributed by atoms with Crippen LogP contribution in [-0.2, 0) is 9.59 Å². The lowest BCUT2D eigenvalue weighted by atomic mass is 10.0. The Morgan fingerprint density at radius 1 is 0.920 bits per heavy atom. The lowest BCUT2D eigenvalue weighted by molar-refractivity contribution is -0.134. The fourth-order valence-electron chi connectivity index (χ4n) is 1.72. The van der Waals surface area contributed by atoms with E-state index in [0.717, 1.165) is 0 Å². The molecule has 0 radical (unpaired) electrons. The minimum absolute atomic E-state index is 0.0711. The van der Waals surface area contributed by atoms with Gasteiger partial charge in [0.25, 0.3) is 0 Å². The first kappa shape index (κ1) is 19.4. The predicted molar refractivity (Wildman–Crippen MR) is 88.9 cm³/mol. The Kier molecular flexibility index (Phi) is 7.39. The summed E-state index contributed by atoms with van der Waals surface area (Å²) in [4.78, 5) is 31.2. The second-order valence-electron chi connectivity index (χ2n) is 4.59. The van der Waals surface area contributed by atoms with Crippen LogP contribution in [0.5, 0.6) is 11.5 Å². The van der Waals surface area contributed by atoms with Gasteiger partial charge in [0.15, 0.2) is 5.78 Å². The maximum absolute atomic E-state index is 12.1. The van der Waals surface area contributed by atoms with Gasteiger partial charge >= 0.3 is 11.9 Å². The SMILES string of the molecule is COc1ccc(C(=O)c2ccccc2)c(O)c1.O=C(O)/C=C/C(=O)O.